The summed E-state index contributed by atoms with van der Waals surface area (Å²) in [5.41, 5.74) is 13.4. The van der Waals surface area contributed by atoms with E-state index >= 15 is 0 Å². The number of fused-ring (bicyclic) bond motifs is 6. The quantitative estimate of drug-likeness (QED) is 0.174. The molecule has 8 aromatic rings. The Labute approximate surface area is 307 Å². The van der Waals surface area contributed by atoms with Crippen molar-refractivity contribution in [3.05, 3.63) is 156 Å². The van der Waals surface area contributed by atoms with Crippen LogP contribution in [0, 0.1) is 24.2 Å². The lowest BCUT2D eigenvalue weighted by molar-refractivity contribution is 0.577. The fourth-order valence-corrected chi connectivity index (χ4v) is 7.96. The van der Waals surface area contributed by atoms with Crippen molar-refractivity contribution in [3.63, 3.8) is 0 Å². The molecule has 5 aromatic carbocycles. The van der Waals surface area contributed by atoms with Gasteiger partial charge in [0.05, 0.1) is 23.0 Å². The molecule has 1 saturated carbocycles. The van der Waals surface area contributed by atoms with Gasteiger partial charge in [-0.15, -0.1) is 0 Å². The molecule has 3 aromatic heterocycles. The third-order valence-electron chi connectivity index (χ3n) is 10.7. The Balaban J connectivity index is 1.21. The molecule has 5 heteroatoms. The minimum absolute atomic E-state index is 0.532. The maximum absolute atomic E-state index is 9.74. The Bertz CT molecular complexity index is 2870. The second-order valence-electron chi connectivity index (χ2n) is 14.0. The van der Waals surface area contributed by atoms with E-state index in [-0.39, 0.29) is 0 Å². The van der Waals surface area contributed by atoms with Gasteiger partial charge in [0.25, 0.3) is 0 Å². The number of nitriles is 1. The van der Waals surface area contributed by atoms with Crippen molar-refractivity contribution in [1.82, 2.24) is 9.97 Å². The molecule has 0 amide bonds. The normalized spacial score (nSPS) is 15.9. The summed E-state index contributed by atoms with van der Waals surface area (Å²) >= 11 is 0. The Hall–Kier alpha value is -6.77. The number of allylic oxidation sites excluding steroid dienone is 2. The van der Waals surface area contributed by atoms with E-state index in [1.807, 2.05) is 74.5 Å². The number of hydrogen-bond acceptors (Lipinski definition) is 5. The molecule has 2 atom stereocenters. The largest absolute Gasteiger partial charge is 0.461 e. The summed E-state index contributed by atoms with van der Waals surface area (Å²) in [6, 6.07) is 41.7. The van der Waals surface area contributed by atoms with Crippen LogP contribution in [0.2, 0.25) is 0 Å². The monoisotopic (exact) mass is 683 g/mol. The van der Waals surface area contributed by atoms with Crippen LogP contribution in [0.5, 0.6) is 0 Å². The number of nitrogens with zero attached hydrogens (tertiary/aromatic N) is 3. The lowest BCUT2D eigenvalue weighted by Gasteiger charge is -2.15. The molecule has 10 rings (SSSR count). The number of aryl methyl sites for hydroxylation is 1. The van der Waals surface area contributed by atoms with E-state index in [4.69, 9.17) is 18.8 Å². The zero-order chi connectivity index (χ0) is 35.6. The van der Waals surface area contributed by atoms with E-state index in [9.17, 15) is 5.26 Å². The summed E-state index contributed by atoms with van der Waals surface area (Å²) < 4.78 is 12.5. The van der Waals surface area contributed by atoms with Crippen LogP contribution in [0.15, 0.2) is 136 Å². The van der Waals surface area contributed by atoms with Crippen molar-refractivity contribution >= 4 is 34.1 Å². The first-order valence-corrected chi connectivity index (χ1v) is 18.1. The van der Waals surface area contributed by atoms with Crippen LogP contribution in [0.1, 0.15) is 47.5 Å². The summed E-state index contributed by atoms with van der Waals surface area (Å²) in [5, 5.41) is 12.0. The Morgan fingerprint density at radius 2 is 1.45 bits per heavy atom. The summed E-state index contributed by atoms with van der Waals surface area (Å²) in [6.45, 7) is 4.04. The number of benzene rings is 5. The molecule has 53 heavy (non-hydrogen) atoms. The van der Waals surface area contributed by atoms with Gasteiger partial charge in [0.1, 0.15) is 22.7 Å². The smallest absolute Gasteiger partial charge is 0.160 e. The topological polar surface area (TPSA) is 75.8 Å². The standard InChI is InChI=1S/C48H33N3O2/c1-3-8-36-28(2)52-44-18-14-32(23-40(36)44)31-13-17-37(33-15-19-45-41(25-33)47-38-24-34(38)16-20-46(47)53-45)39(22-31)43-26-42(35-12-7-9-29(21-35)27-49)50-48(51-43)30-10-5-4-6-11-30/h3-23,25-26,34,38H,24H2,1-2H3/b8-3-. The molecule has 0 N–H and O–H groups in total. The SMILES string of the molecule is C/C=C\c1c(C)oc2ccc(-c3ccc(-c4ccc5oc6c(c5c4)C4CC4C=C6)c(-c4cc(-c5cccc(C#N)c5)nc(-c5ccccc5)n4)c3)cc12. The van der Waals surface area contributed by atoms with Gasteiger partial charge in [-0.3, -0.25) is 0 Å². The van der Waals surface area contributed by atoms with Crippen molar-refractivity contribution in [1.29, 1.82) is 5.26 Å². The second-order valence-corrected chi connectivity index (χ2v) is 14.0. The first-order chi connectivity index (χ1) is 26.0. The number of furan rings is 2. The van der Waals surface area contributed by atoms with Crippen LogP contribution in [-0.2, 0) is 0 Å². The minimum Gasteiger partial charge on any atom is -0.461 e. The molecule has 252 valence electrons. The van der Waals surface area contributed by atoms with Crippen molar-refractivity contribution < 1.29 is 8.83 Å². The fourth-order valence-electron chi connectivity index (χ4n) is 7.96. The van der Waals surface area contributed by atoms with E-state index in [2.05, 4.69) is 85.0 Å². The first-order valence-electron chi connectivity index (χ1n) is 18.1. The van der Waals surface area contributed by atoms with Crippen LogP contribution >= 0.6 is 0 Å². The predicted molar refractivity (Wildman–Crippen MR) is 213 cm³/mol. The first kappa shape index (κ1) is 31.0. The van der Waals surface area contributed by atoms with Crippen molar-refractivity contribution in [2.75, 3.05) is 0 Å². The summed E-state index contributed by atoms with van der Waals surface area (Å²) in [5.74, 6) is 3.65. The molecule has 5 nitrogen and oxygen atoms in total. The molecule has 3 heterocycles. The van der Waals surface area contributed by atoms with Crippen LogP contribution in [0.25, 0.3) is 90.2 Å². The van der Waals surface area contributed by atoms with Gasteiger partial charge in [-0.05, 0) is 109 Å². The van der Waals surface area contributed by atoms with Crippen molar-refractivity contribution in [3.8, 4) is 62.2 Å². The van der Waals surface area contributed by atoms with Gasteiger partial charge in [0, 0.05) is 38.6 Å². The third kappa shape index (κ3) is 5.30. The van der Waals surface area contributed by atoms with Gasteiger partial charge in [-0.2, -0.15) is 5.26 Å². The molecule has 1 fully saturated rings. The Morgan fingerprint density at radius 3 is 2.30 bits per heavy atom. The van der Waals surface area contributed by atoms with Crippen LogP contribution in [0.3, 0.4) is 0 Å². The average molecular weight is 684 g/mol. The highest BCUT2D eigenvalue weighted by molar-refractivity contribution is 5.96. The van der Waals surface area contributed by atoms with Gasteiger partial charge >= 0.3 is 0 Å². The zero-order valence-electron chi connectivity index (χ0n) is 29.3. The second kappa shape index (κ2) is 12.2. The van der Waals surface area contributed by atoms with Gasteiger partial charge in [0.2, 0.25) is 0 Å². The van der Waals surface area contributed by atoms with Gasteiger partial charge in [-0.25, -0.2) is 9.97 Å². The molecule has 0 spiro atoms. The summed E-state index contributed by atoms with van der Waals surface area (Å²) in [7, 11) is 0. The van der Waals surface area contributed by atoms with Crippen LogP contribution in [0.4, 0.5) is 0 Å². The highest BCUT2D eigenvalue weighted by atomic mass is 16.3. The Kier molecular flexibility index (Phi) is 7.13. The summed E-state index contributed by atoms with van der Waals surface area (Å²) in [4.78, 5) is 10.3. The highest BCUT2D eigenvalue weighted by Crippen LogP contribution is 2.56. The lowest BCUT2D eigenvalue weighted by Crippen LogP contribution is -1.98. The Morgan fingerprint density at radius 1 is 0.698 bits per heavy atom. The molecule has 2 aliphatic carbocycles. The summed E-state index contributed by atoms with van der Waals surface area (Å²) in [6.07, 6.45) is 9.78. The van der Waals surface area contributed by atoms with Gasteiger partial charge in [0.15, 0.2) is 5.82 Å². The average Bonchev–Trinajstić information content (AvgIpc) is 3.81. The molecule has 0 radical (unpaired) electrons. The van der Waals surface area contributed by atoms with E-state index in [1.165, 1.54) is 17.4 Å². The van der Waals surface area contributed by atoms with Crippen molar-refractivity contribution in [2.45, 2.75) is 26.2 Å². The molecular weight excluding hydrogens is 651 g/mol. The molecule has 2 unspecified atom stereocenters. The molecule has 0 bridgehead atoms. The number of rotatable bonds is 6. The van der Waals surface area contributed by atoms with Gasteiger partial charge < -0.3 is 8.83 Å². The molecular formula is C48H33N3O2. The van der Waals surface area contributed by atoms with Gasteiger partial charge in [-0.1, -0.05) is 85.0 Å². The molecule has 0 saturated heterocycles. The predicted octanol–water partition coefficient (Wildman–Crippen LogP) is 12.6. The maximum Gasteiger partial charge on any atom is 0.160 e. The van der Waals surface area contributed by atoms with E-state index in [1.54, 1.807) is 0 Å². The highest BCUT2D eigenvalue weighted by Gasteiger charge is 2.42. The lowest BCUT2D eigenvalue weighted by atomic mass is 9.91. The van der Waals surface area contributed by atoms with E-state index in [0.717, 1.165) is 84.0 Å². The molecule has 2 aliphatic rings. The third-order valence-corrected chi connectivity index (χ3v) is 10.7. The number of hydrogen-bond donors (Lipinski definition) is 0. The van der Waals surface area contributed by atoms with Crippen LogP contribution < -0.4 is 0 Å². The maximum atomic E-state index is 9.74. The van der Waals surface area contributed by atoms with E-state index < -0.39 is 0 Å². The zero-order valence-corrected chi connectivity index (χ0v) is 29.3. The molecule has 0 aliphatic heterocycles. The van der Waals surface area contributed by atoms with Crippen molar-refractivity contribution in [2.24, 2.45) is 5.92 Å². The minimum atomic E-state index is 0.532. The van der Waals surface area contributed by atoms with E-state index in [0.29, 0.717) is 23.2 Å². The van der Waals surface area contributed by atoms with Crippen LogP contribution in [-0.4, -0.2) is 9.97 Å². The fraction of sp³-hybridized carbons (Fsp3) is 0.104. The number of aromatic nitrogens is 2.